The maximum Gasteiger partial charge on any atom is 0.251 e. The molecule has 1 aliphatic heterocycles. The van der Waals surface area contributed by atoms with Crippen molar-refractivity contribution in [2.24, 2.45) is 0 Å². The van der Waals surface area contributed by atoms with Gasteiger partial charge in [-0.2, -0.15) is 0 Å². The number of aryl methyl sites for hydroxylation is 1. The second-order valence-electron chi connectivity index (χ2n) is 7.08. The predicted octanol–water partition coefficient (Wildman–Crippen LogP) is 3.48. The van der Waals surface area contributed by atoms with E-state index in [9.17, 15) is 4.79 Å². The second-order valence-corrected chi connectivity index (χ2v) is 7.08. The minimum absolute atomic E-state index is 0.0202. The van der Waals surface area contributed by atoms with Crippen LogP contribution in [0.4, 0.5) is 5.95 Å². The average Bonchev–Trinajstić information content (AvgIpc) is 2.64. The molecule has 2 aliphatic rings. The lowest BCUT2D eigenvalue weighted by Gasteiger charge is -2.23. The Balaban J connectivity index is 1.63. The normalized spacial score (nSPS) is 17.7. The number of carbonyl (C=O) groups excluding carboxylic acids is 1. The highest BCUT2D eigenvalue weighted by atomic mass is 16.1. The van der Waals surface area contributed by atoms with E-state index in [4.69, 9.17) is 4.98 Å². The smallest absolute Gasteiger partial charge is 0.251 e. The number of hydrogen-bond donors (Lipinski definition) is 2. The number of fused-ring (bicyclic) bond motifs is 1. The van der Waals surface area contributed by atoms with Crippen molar-refractivity contribution < 1.29 is 4.79 Å². The highest BCUT2D eigenvalue weighted by Crippen LogP contribution is 2.27. The molecule has 5 nitrogen and oxygen atoms in total. The monoisotopic (exact) mass is 336 g/mol. The fourth-order valence-electron chi connectivity index (χ4n) is 3.81. The summed E-state index contributed by atoms with van der Waals surface area (Å²) in [5.41, 5.74) is 4.93. The van der Waals surface area contributed by atoms with E-state index in [-0.39, 0.29) is 5.91 Å². The quantitative estimate of drug-likeness (QED) is 0.900. The SMILES string of the molecule is Cc1cnc(NC2CCCCC2)nc1-c1ccc2c(c1)CCNC2=O. The highest BCUT2D eigenvalue weighted by molar-refractivity contribution is 5.97. The van der Waals surface area contributed by atoms with Gasteiger partial charge in [0.05, 0.1) is 5.69 Å². The van der Waals surface area contributed by atoms with E-state index in [1.165, 1.54) is 32.1 Å². The van der Waals surface area contributed by atoms with Crippen molar-refractivity contribution in [3.05, 3.63) is 41.1 Å². The Bertz CT molecular complexity index is 796. The molecule has 0 bridgehead atoms. The molecule has 25 heavy (non-hydrogen) atoms. The van der Waals surface area contributed by atoms with Crippen LogP contribution in [-0.2, 0) is 6.42 Å². The zero-order valence-electron chi connectivity index (χ0n) is 14.6. The van der Waals surface area contributed by atoms with E-state index in [1.807, 2.05) is 25.3 Å². The van der Waals surface area contributed by atoms with E-state index >= 15 is 0 Å². The van der Waals surface area contributed by atoms with Gasteiger partial charge >= 0.3 is 0 Å². The Morgan fingerprint density at radius 1 is 1.20 bits per heavy atom. The van der Waals surface area contributed by atoms with Crippen molar-refractivity contribution in [1.29, 1.82) is 0 Å². The van der Waals surface area contributed by atoms with E-state index in [0.29, 0.717) is 18.5 Å². The summed E-state index contributed by atoms with van der Waals surface area (Å²) in [6.45, 7) is 2.73. The van der Waals surface area contributed by atoms with Crippen molar-refractivity contribution in [3.8, 4) is 11.3 Å². The molecule has 4 rings (SSSR count). The van der Waals surface area contributed by atoms with Gasteiger partial charge in [0.25, 0.3) is 5.91 Å². The van der Waals surface area contributed by atoms with Crippen molar-refractivity contribution in [3.63, 3.8) is 0 Å². The summed E-state index contributed by atoms with van der Waals surface area (Å²) >= 11 is 0. The summed E-state index contributed by atoms with van der Waals surface area (Å²) in [4.78, 5) is 21.2. The molecule has 0 atom stereocenters. The van der Waals surface area contributed by atoms with Crippen molar-refractivity contribution in [2.75, 3.05) is 11.9 Å². The number of benzene rings is 1. The number of amides is 1. The zero-order chi connectivity index (χ0) is 17.2. The molecule has 1 fully saturated rings. The fraction of sp³-hybridized carbons (Fsp3) is 0.450. The summed E-state index contributed by atoms with van der Waals surface area (Å²) < 4.78 is 0. The zero-order valence-corrected chi connectivity index (χ0v) is 14.6. The van der Waals surface area contributed by atoms with Crippen molar-refractivity contribution in [2.45, 2.75) is 51.5 Å². The Labute approximate surface area is 148 Å². The summed E-state index contributed by atoms with van der Waals surface area (Å²) in [6, 6.07) is 6.49. The molecule has 1 saturated carbocycles. The van der Waals surface area contributed by atoms with Crippen LogP contribution in [0, 0.1) is 6.92 Å². The number of nitrogens with one attached hydrogen (secondary N) is 2. The molecule has 2 heterocycles. The summed E-state index contributed by atoms with van der Waals surface area (Å²) in [5, 5.41) is 6.39. The van der Waals surface area contributed by atoms with Crippen LogP contribution >= 0.6 is 0 Å². The molecule has 5 heteroatoms. The van der Waals surface area contributed by atoms with Crippen molar-refractivity contribution >= 4 is 11.9 Å². The van der Waals surface area contributed by atoms with Crippen LogP contribution in [0.5, 0.6) is 0 Å². The number of rotatable bonds is 3. The molecule has 1 amide bonds. The molecule has 1 aromatic heterocycles. The van der Waals surface area contributed by atoms with Crippen LogP contribution in [0.3, 0.4) is 0 Å². The highest BCUT2D eigenvalue weighted by Gasteiger charge is 2.19. The van der Waals surface area contributed by atoms with Crippen LogP contribution in [0.15, 0.2) is 24.4 Å². The summed E-state index contributed by atoms with van der Waals surface area (Å²) in [5.74, 6) is 0.731. The third-order valence-corrected chi connectivity index (χ3v) is 5.21. The van der Waals surface area contributed by atoms with Crippen LogP contribution in [0.25, 0.3) is 11.3 Å². The summed E-state index contributed by atoms with van der Waals surface area (Å²) in [6.07, 6.45) is 9.04. The lowest BCUT2D eigenvalue weighted by Crippen LogP contribution is -2.31. The van der Waals surface area contributed by atoms with E-state index < -0.39 is 0 Å². The second kappa shape index (κ2) is 6.82. The molecule has 130 valence electrons. The Kier molecular flexibility index (Phi) is 4.38. The first kappa shape index (κ1) is 16.1. The van der Waals surface area contributed by atoms with Gasteiger partial charge in [-0.15, -0.1) is 0 Å². The number of anilines is 1. The molecular weight excluding hydrogens is 312 g/mol. The first-order chi connectivity index (χ1) is 12.2. The number of hydrogen-bond acceptors (Lipinski definition) is 4. The molecule has 2 aromatic rings. The van der Waals surface area contributed by atoms with Crippen molar-refractivity contribution in [1.82, 2.24) is 15.3 Å². The number of nitrogens with zero attached hydrogens (tertiary/aromatic N) is 2. The van der Waals surface area contributed by atoms with E-state index in [1.54, 1.807) is 0 Å². The average molecular weight is 336 g/mol. The van der Waals surface area contributed by atoms with Gasteiger partial charge in [0.15, 0.2) is 0 Å². The van der Waals surface area contributed by atoms with Crippen LogP contribution in [0.1, 0.15) is 53.6 Å². The standard InChI is InChI=1S/C20H24N4O/c1-13-12-22-20(23-16-5-3-2-4-6-16)24-18(13)15-7-8-17-14(11-15)9-10-21-19(17)25/h7-8,11-12,16H,2-6,9-10H2,1H3,(H,21,25)(H,22,23,24). The van der Waals surface area contributed by atoms with E-state index in [0.717, 1.165) is 34.4 Å². The van der Waals surface area contributed by atoms with Gasteiger partial charge in [-0.25, -0.2) is 9.97 Å². The Morgan fingerprint density at radius 2 is 2.04 bits per heavy atom. The van der Waals surface area contributed by atoms with Gasteiger partial charge in [0.2, 0.25) is 5.95 Å². The first-order valence-corrected chi connectivity index (χ1v) is 9.22. The molecule has 0 spiro atoms. The van der Waals surface area contributed by atoms with Crippen LogP contribution in [-0.4, -0.2) is 28.5 Å². The molecule has 2 N–H and O–H groups in total. The molecular formula is C20H24N4O. The molecule has 0 unspecified atom stereocenters. The third kappa shape index (κ3) is 3.36. The Morgan fingerprint density at radius 3 is 2.88 bits per heavy atom. The molecule has 0 saturated heterocycles. The largest absolute Gasteiger partial charge is 0.352 e. The van der Waals surface area contributed by atoms with Gasteiger partial charge in [0, 0.05) is 29.9 Å². The maximum atomic E-state index is 11.9. The minimum Gasteiger partial charge on any atom is -0.352 e. The van der Waals surface area contributed by atoms with Gasteiger partial charge in [-0.1, -0.05) is 25.3 Å². The summed E-state index contributed by atoms with van der Waals surface area (Å²) in [7, 11) is 0. The lowest BCUT2D eigenvalue weighted by molar-refractivity contribution is 0.0946. The molecule has 1 aromatic carbocycles. The lowest BCUT2D eigenvalue weighted by atomic mass is 9.95. The van der Waals surface area contributed by atoms with E-state index in [2.05, 4.69) is 21.7 Å². The van der Waals surface area contributed by atoms with Gasteiger partial charge in [-0.3, -0.25) is 4.79 Å². The molecule has 0 radical (unpaired) electrons. The predicted molar refractivity (Wildman–Crippen MR) is 98.7 cm³/mol. The van der Waals surface area contributed by atoms with Gasteiger partial charge in [-0.05, 0) is 49.4 Å². The van der Waals surface area contributed by atoms with Gasteiger partial charge < -0.3 is 10.6 Å². The number of aromatic nitrogens is 2. The van der Waals surface area contributed by atoms with Crippen LogP contribution in [0.2, 0.25) is 0 Å². The third-order valence-electron chi connectivity index (χ3n) is 5.21. The maximum absolute atomic E-state index is 11.9. The number of carbonyl (C=O) groups is 1. The fourth-order valence-corrected chi connectivity index (χ4v) is 3.81. The minimum atomic E-state index is 0.0202. The Hall–Kier alpha value is -2.43. The van der Waals surface area contributed by atoms with Gasteiger partial charge in [0.1, 0.15) is 0 Å². The topological polar surface area (TPSA) is 66.9 Å². The molecule has 1 aliphatic carbocycles. The first-order valence-electron chi connectivity index (χ1n) is 9.22. The van der Waals surface area contributed by atoms with Crippen LogP contribution < -0.4 is 10.6 Å².